The van der Waals surface area contributed by atoms with Gasteiger partial charge in [0.15, 0.2) is 0 Å². The van der Waals surface area contributed by atoms with Gasteiger partial charge in [-0.3, -0.25) is 4.79 Å². The number of nitrogens with two attached hydrogens (primary N) is 1. The second-order valence-corrected chi connectivity index (χ2v) is 7.01. The van der Waals surface area contributed by atoms with E-state index in [0.717, 1.165) is 34.1 Å². The summed E-state index contributed by atoms with van der Waals surface area (Å²) in [7, 11) is 0. The van der Waals surface area contributed by atoms with E-state index in [1.165, 1.54) is 11.5 Å². The summed E-state index contributed by atoms with van der Waals surface area (Å²) < 4.78 is 4.18. The molecule has 0 bridgehead atoms. The molecule has 21 heavy (non-hydrogen) atoms. The van der Waals surface area contributed by atoms with Crippen LogP contribution in [0.4, 0.5) is 10.8 Å². The van der Waals surface area contributed by atoms with E-state index in [9.17, 15) is 4.79 Å². The first kappa shape index (κ1) is 14.3. The minimum Gasteiger partial charge on any atom is -0.382 e. The molecule has 8 heteroatoms. The van der Waals surface area contributed by atoms with Crippen molar-refractivity contribution < 1.29 is 4.79 Å². The molecule has 2 heterocycles. The molecule has 0 spiro atoms. The maximum absolute atomic E-state index is 12.0. The van der Waals surface area contributed by atoms with Crippen LogP contribution >= 0.6 is 22.9 Å². The quantitative estimate of drug-likeness (QED) is 0.784. The lowest BCUT2D eigenvalue weighted by atomic mass is 10.2. The fourth-order valence-electron chi connectivity index (χ4n) is 1.94. The zero-order valence-electron chi connectivity index (χ0n) is 11.8. The van der Waals surface area contributed by atoms with Crippen LogP contribution in [0.25, 0.3) is 11.3 Å². The van der Waals surface area contributed by atoms with Crippen molar-refractivity contribution in [2.24, 2.45) is 0 Å². The molecule has 2 aromatic heterocycles. The van der Waals surface area contributed by atoms with Crippen molar-refractivity contribution in [1.29, 1.82) is 0 Å². The molecule has 4 N–H and O–H groups in total. The monoisotopic (exact) mass is 323 g/mol. The Kier molecular flexibility index (Phi) is 3.81. The largest absolute Gasteiger partial charge is 0.382 e. The molecule has 1 amide bonds. The molecule has 0 aliphatic heterocycles. The van der Waals surface area contributed by atoms with E-state index in [1.807, 2.05) is 19.2 Å². The van der Waals surface area contributed by atoms with Gasteiger partial charge in [-0.1, -0.05) is 0 Å². The number of rotatable bonds is 5. The predicted molar refractivity (Wildman–Crippen MR) is 86.6 cm³/mol. The maximum Gasteiger partial charge on any atom is 0.242 e. The molecule has 112 valence electrons. The fraction of sp³-hybridized carbons (Fsp3) is 0.462. The Balaban J connectivity index is 1.77. The van der Waals surface area contributed by atoms with Crippen LogP contribution in [-0.2, 0) is 4.79 Å². The highest BCUT2D eigenvalue weighted by Crippen LogP contribution is 2.37. The van der Waals surface area contributed by atoms with E-state index in [-0.39, 0.29) is 11.9 Å². The molecule has 0 saturated heterocycles. The maximum atomic E-state index is 12.0. The van der Waals surface area contributed by atoms with Gasteiger partial charge in [0.2, 0.25) is 5.91 Å². The highest BCUT2D eigenvalue weighted by atomic mass is 32.1. The zero-order valence-corrected chi connectivity index (χ0v) is 13.5. The van der Waals surface area contributed by atoms with Gasteiger partial charge in [-0.15, -0.1) is 11.3 Å². The molecule has 6 nitrogen and oxygen atoms in total. The van der Waals surface area contributed by atoms with Crippen LogP contribution in [0.2, 0.25) is 0 Å². The first-order valence-corrected chi connectivity index (χ1v) is 8.44. The smallest absolute Gasteiger partial charge is 0.242 e. The lowest BCUT2D eigenvalue weighted by Crippen LogP contribution is -2.38. The Bertz CT molecular complexity index is 661. The molecule has 1 aliphatic rings. The number of carbonyl (C=O) groups is 1. The SMILES string of the molecule is Cc1nc(-c2c(N)nsc2NC(C)C(=O)NC2CC2)cs1. The molecule has 0 radical (unpaired) electrons. The highest BCUT2D eigenvalue weighted by molar-refractivity contribution is 7.11. The summed E-state index contributed by atoms with van der Waals surface area (Å²) in [6.45, 7) is 3.78. The average Bonchev–Trinajstić information content (AvgIpc) is 3.04. The Hall–Kier alpha value is -1.67. The van der Waals surface area contributed by atoms with Crippen molar-refractivity contribution in [2.45, 2.75) is 38.8 Å². The van der Waals surface area contributed by atoms with Crippen LogP contribution < -0.4 is 16.4 Å². The Labute approximate surface area is 130 Å². The summed E-state index contributed by atoms with van der Waals surface area (Å²) >= 11 is 2.82. The summed E-state index contributed by atoms with van der Waals surface area (Å²) in [5.41, 5.74) is 7.54. The van der Waals surface area contributed by atoms with Gasteiger partial charge in [-0.05, 0) is 38.2 Å². The van der Waals surface area contributed by atoms with Crippen LogP contribution in [0.1, 0.15) is 24.8 Å². The number of nitrogen functional groups attached to an aromatic ring is 1. The summed E-state index contributed by atoms with van der Waals surface area (Å²) in [5.74, 6) is 0.451. The van der Waals surface area contributed by atoms with E-state index in [0.29, 0.717) is 11.9 Å². The topological polar surface area (TPSA) is 92.9 Å². The van der Waals surface area contributed by atoms with E-state index in [2.05, 4.69) is 20.0 Å². The van der Waals surface area contributed by atoms with Gasteiger partial charge in [0.05, 0.1) is 16.3 Å². The van der Waals surface area contributed by atoms with Crippen molar-refractivity contribution in [3.63, 3.8) is 0 Å². The van der Waals surface area contributed by atoms with E-state index >= 15 is 0 Å². The molecule has 1 saturated carbocycles. The third-order valence-corrected chi connectivity index (χ3v) is 4.82. The lowest BCUT2D eigenvalue weighted by Gasteiger charge is -2.14. The first-order chi connectivity index (χ1) is 10.0. The number of aromatic nitrogens is 2. The Morgan fingerprint density at radius 1 is 1.52 bits per heavy atom. The summed E-state index contributed by atoms with van der Waals surface area (Å²) in [5, 5.41) is 9.90. The molecule has 1 unspecified atom stereocenters. The van der Waals surface area contributed by atoms with Crippen molar-refractivity contribution >= 4 is 39.6 Å². The van der Waals surface area contributed by atoms with Crippen molar-refractivity contribution in [2.75, 3.05) is 11.1 Å². The van der Waals surface area contributed by atoms with Crippen molar-refractivity contribution in [3.05, 3.63) is 10.4 Å². The van der Waals surface area contributed by atoms with E-state index in [4.69, 9.17) is 5.73 Å². The molecule has 1 atom stereocenters. The number of hydrogen-bond donors (Lipinski definition) is 3. The van der Waals surface area contributed by atoms with Gasteiger partial charge in [0.25, 0.3) is 0 Å². The standard InChI is InChI=1S/C13H17N5OS2/c1-6(12(19)17-8-3-4-8)15-13-10(11(14)18-21-13)9-5-20-7(2)16-9/h5-6,8,15H,3-4H2,1-2H3,(H2,14,18)(H,17,19). The van der Waals surface area contributed by atoms with Crippen LogP contribution in [-0.4, -0.2) is 27.3 Å². The number of hydrogen-bond acceptors (Lipinski definition) is 7. The number of amides is 1. The van der Waals surface area contributed by atoms with Gasteiger partial charge in [-0.2, -0.15) is 4.37 Å². The molecule has 1 fully saturated rings. The molecule has 2 aromatic rings. The number of thiazole rings is 1. The van der Waals surface area contributed by atoms with Gasteiger partial charge in [-0.25, -0.2) is 4.98 Å². The Morgan fingerprint density at radius 2 is 2.29 bits per heavy atom. The second-order valence-electron chi connectivity index (χ2n) is 5.17. The average molecular weight is 323 g/mol. The minimum atomic E-state index is -0.330. The van der Waals surface area contributed by atoms with Gasteiger partial charge in [0, 0.05) is 11.4 Å². The summed E-state index contributed by atoms with van der Waals surface area (Å²) in [6.07, 6.45) is 2.16. The molecular weight excluding hydrogens is 306 g/mol. The third-order valence-electron chi connectivity index (χ3n) is 3.26. The lowest BCUT2D eigenvalue weighted by molar-refractivity contribution is -0.121. The second kappa shape index (κ2) is 5.61. The fourth-order valence-corrected chi connectivity index (χ4v) is 3.36. The Morgan fingerprint density at radius 3 is 2.90 bits per heavy atom. The summed E-state index contributed by atoms with van der Waals surface area (Å²) in [6, 6.07) is 0.0258. The number of carbonyl (C=O) groups excluding carboxylic acids is 1. The van der Waals surface area contributed by atoms with Crippen LogP contribution in [0.5, 0.6) is 0 Å². The molecular formula is C13H17N5OS2. The van der Waals surface area contributed by atoms with Gasteiger partial charge >= 0.3 is 0 Å². The molecule has 1 aliphatic carbocycles. The van der Waals surface area contributed by atoms with Crippen LogP contribution in [0.3, 0.4) is 0 Å². The normalized spacial score (nSPS) is 15.7. The van der Waals surface area contributed by atoms with Gasteiger partial charge in [0.1, 0.15) is 16.9 Å². The highest BCUT2D eigenvalue weighted by Gasteiger charge is 2.26. The zero-order chi connectivity index (χ0) is 15.0. The van der Waals surface area contributed by atoms with E-state index in [1.54, 1.807) is 11.3 Å². The number of nitrogens with one attached hydrogen (secondary N) is 2. The third kappa shape index (κ3) is 3.16. The molecule has 3 rings (SSSR count). The summed E-state index contributed by atoms with van der Waals surface area (Å²) in [4.78, 5) is 16.5. The van der Waals surface area contributed by atoms with Crippen LogP contribution in [0.15, 0.2) is 5.38 Å². The van der Waals surface area contributed by atoms with E-state index < -0.39 is 0 Å². The van der Waals surface area contributed by atoms with Crippen molar-refractivity contribution in [3.8, 4) is 11.3 Å². The van der Waals surface area contributed by atoms with Crippen LogP contribution in [0, 0.1) is 6.92 Å². The minimum absolute atomic E-state index is 0.00452. The van der Waals surface area contributed by atoms with Crippen molar-refractivity contribution in [1.82, 2.24) is 14.7 Å². The van der Waals surface area contributed by atoms with Gasteiger partial charge < -0.3 is 16.4 Å². The molecule has 0 aromatic carbocycles. The predicted octanol–water partition coefficient (Wildman–Crippen LogP) is 2.24. The first-order valence-electron chi connectivity index (χ1n) is 6.79. The number of aryl methyl sites for hydroxylation is 1. The number of nitrogens with zero attached hydrogens (tertiary/aromatic N) is 2. The number of anilines is 2.